The highest BCUT2D eigenvalue weighted by molar-refractivity contribution is 5.84. The number of hydrogen-bond acceptors (Lipinski definition) is 2. The number of benzene rings is 3. The first-order valence-electron chi connectivity index (χ1n) is 11.0. The maximum absolute atomic E-state index is 14.6. The van der Waals surface area contributed by atoms with Crippen molar-refractivity contribution in [2.24, 2.45) is 5.92 Å². The zero-order chi connectivity index (χ0) is 22.5. The molecule has 3 aromatic carbocycles. The third-order valence-corrected chi connectivity index (χ3v) is 5.67. The van der Waals surface area contributed by atoms with Crippen LogP contribution < -0.4 is 0 Å². The predicted octanol–water partition coefficient (Wildman–Crippen LogP) is 6.90. The van der Waals surface area contributed by atoms with Gasteiger partial charge in [-0.2, -0.15) is 0 Å². The Morgan fingerprint density at radius 2 is 1.56 bits per heavy atom. The molecular formula is C27H25F3O2. The fourth-order valence-corrected chi connectivity index (χ4v) is 3.82. The SMILES string of the molecule is CCCCCC1COC(c2ccc(C#Cc3ccc4cc(F)c(F)cc4c3)c(F)c2)OC1. The van der Waals surface area contributed by atoms with Crippen LogP contribution in [-0.2, 0) is 9.47 Å². The largest absolute Gasteiger partial charge is 0.348 e. The lowest BCUT2D eigenvalue weighted by atomic mass is 10.0. The van der Waals surface area contributed by atoms with Gasteiger partial charge >= 0.3 is 0 Å². The van der Waals surface area contributed by atoms with E-state index in [1.54, 1.807) is 30.3 Å². The summed E-state index contributed by atoms with van der Waals surface area (Å²) < 4.78 is 53.1. The standard InChI is InChI=1S/C27H25F3O2/c1-2-3-4-5-19-16-31-27(32-17-19)22-11-10-20(24(28)14-22)8-6-18-7-9-21-13-25(29)26(30)15-23(21)12-18/h7,9-15,19,27H,2-5,16-17H2,1H3. The second kappa shape index (κ2) is 10.2. The molecule has 1 saturated heterocycles. The van der Waals surface area contributed by atoms with E-state index in [4.69, 9.17) is 9.47 Å². The molecule has 0 N–H and O–H groups in total. The van der Waals surface area contributed by atoms with E-state index in [0.29, 0.717) is 41.0 Å². The lowest BCUT2D eigenvalue weighted by Crippen LogP contribution is -2.27. The lowest BCUT2D eigenvalue weighted by molar-refractivity contribution is -0.206. The van der Waals surface area contributed by atoms with Crippen molar-refractivity contribution in [1.29, 1.82) is 0 Å². The summed E-state index contributed by atoms with van der Waals surface area (Å²) in [7, 11) is 0. The topological polar surface area (TPSA) is 18.5 Å². The number of ether oxygens (including phenoxy) is 2. The van der Waals surface area contributed by atoms with E-state index >= 15 is 0 Å². The van der Waals surface area contributed by atoms with Crippen LogP contribution in [0.4, 0.5) is 13.2 Å². The van der Waals surface area contributed by atoms with Gasteiger partial charge < -0.3 is 9.47 Å². The summed E-state index contributed by atoms with van der Waals surface area (Å²) in [6.07, 6.45) is 4.08. The molecule has 2 nitrogen and oxygen atoms in total. The number of hydrogen-bond donors (Lipinski definition) is 0. The average Bonchev–Trinajstić information content (AvgIpc) is 2.80. The van der Waals surface area contributed by atoms with Crippen molar-refractivity contribution in [3.05, 3.63) is 82.7 Å². The van der Waals surface area contributed by atoms with Gasteiger partial charge in [0, 0.05) is 17.0 Å². The summed E-state index contributed by atoms with van der Waals surface area (Å²) in [6.45, 7) is 3.41. The molecule has 0 saturated carbocycles. The van der Waals surface area contributed by atoms with E-state index in [2.05, 4.69) is 18.8 Å². The Hall–Kier alpha value is -2.81. The Balaban J connectivity index is 1.43. The molecule has 1 fully saturated rings. The fraction of sp³-hybridized carbons (Fsp3) is 0.333. The van der Waals surface area contributed by atoms with Gasteiger partial charge in [0.2, 0.25) is 0 Å². The maximum Gasteiger partial charge on any atom is 0.183 e. The Bertz CT molecular complexity index is 1150. The smallest absolute Gasteiger partial charge is 0.183 e. The second-order valence-electron chi connectivity index (χ2n) is 8.18. The van der Waals surface area contributed by atoms with Gasteiger partial charge in [-0.1, -0.05) is 50.2 Å². The van der Waals surface area contributed by atoms with Crippen LogP contribution in [0.5, 0.6) is 0 Å². The molecule has 0 radical (unpaired) electrons. The summed E-state index contributed by atoms with van der Waals surface area (Å²) in [4.78, 5) is 0. The van der Waals surface area contributed by atoms with Crippen LogP contribution in [0.15, 0.2) is 48.5 Å². The van der Waals surface area contributed by atoms with Crippen molar-refractivity contribution < 1.29 is 22.6 Å². The van der Waals surface area contributed by atoms with Crippen LogP contribution in [0.1, 0.15) is 55.6 Å². The normalized spacial score (nSPS) is 18.4. The summed E-state index contributed by atoms with van der Waals surface area (Å²) in [5.74, 6) is 3.83. The molecule has 1 heterocycles. The molecule has 5 heteroatoms. The zero-order valence-electron chi connectivity index (χ0n) is 18.0. The van der Waals surface area contributed by atoms with Crippen LogP contribution in [0, 0.1) is 35.2 Å². The average molecular weight is 438 g/mol. The van der Waals surface area contributed by atoms with Gasteiger partial charge in [0.15, 0.2) is 17.9 Å². The first-order valence-corrected chi connectivity index (χ1v) is 11.0. The van der Waals surface area contributed by atoms with Crippen LogP contribution in [-0.4, -0.2) is 13.2 Å². The molecule has 1 aliphatic heterocycles. The molecule has 166 valence electrons. The van der Waals surface area contributed by atoms with Crippen molar-refractivity contribution >= 4 is 10.8 Å². The third-order valence-electron chi connectivity index (χ3n) is 5.67. The molecule has 0 aromatic heterocycles. The van der Waals surface area contributed by atoms with E-state index in [1.165, 1.54) is 25.3 Å². The Labute approximate surface area is 186 Å². The van der Waals surface area contributed by atoms with Crippen molar-refractivity contribution in [2.45, 2.75) is 38.9 Å². The van der Waals surface area contributed by atoms with E-state index in [0.717, 1.165) is 18.6 Å². The minimum Gasteiger partial charge on any atom is -0.348 e. The molecule has 0 aliphatic carbocycles. The molecule has 0 amide bonds. The molecular weight excluding hydrogens is 413 g/mol. The first kappa shape index (κ1) is 22.4. The van der Waals surface area contributed by atoms with Gasteiger partial charge in [0.1, 0.15) is 5.82 Å². The van der Waals surface area contributed by atoms with Crippen LogP contribution in [0.25, 0.3) is 10.8 Å². The lowest BCUT2D eigenvalue weighted by Gasteiger charge is -2.29. The number of halogens is 3. The Kier molecular flexibility index (Phi) is 7.14. The quantitative estimate of drug-likeness (QED) is 0.319. The highest BCUT2D eigenvalue weighted by Crippen LogP contribution is 2.28. The van der Waals surface area contributed by atoms with E-state index in [1.807, 2.05) is 0 Å². The van der Waals surface area contributed by atoms with E-state index in [9.17, 15) is 13.2 Å². The van der Waals surface area contributed by atoms with Crippen LogP contribution >= 0.6 is 0 Å². The predicted molar refractivity (Wildman–Crippen MR) is 119 cm³/mol. The van der Waals surface area contributed by atoms with Crippen molar-refractivity contribution in [3.63, 3.8) is 0 Å². The minimum absolute atomic E-state index is 0.243. The van der Waals surface area contributed by atoms with Gasteiger partial charge in [-0.25, -0.2) is 13.2 Å². The molecule has 0 atom stereocenters. The van der Waals surface area contributed by atoms with Gasteiger partial charge in [-0.05, 0) is 53.6 Å². The minimum atomic E-state index is -0.913. The van der Waals surface area contributed by atoms with Gasteiger partial charge in [-0.15, -0.1) is 0 Å². The highest BCUT2D eigenvalue weighted by atomic mass is 19.2. The highest BCUT2D eigenvalue weighted by Gasteiger charge is 2.23. The maximum atomic E-state index is 14.6. The summed E-state index contributed by atoms with van der Waals surface area (Å²) in [6, 6.07) is 12.0. The monoisotopic (exact) mass is 438 g/mol. The summed E-state index contributed by atoms with van der Waals surface area (Å²) in [5.41, 5.74) is 1.45. The van der Waals surface area contributed by atoms with E-state index in [-0.39, 0.29) is 5.56 Å². The molecule has 32 heavy (non-hydrogen) atoms. The van der Waals surface area contributed by atoms with E-state index < -0.39 is 23.7 Å². The van der Waals surface area contributed by atoms with Crippen molar-refractivity contribution in [1.82, 2.24) is 0 Å². The molecule has 0 spiro atoms. The summed E-state index contributed by atoms with van der Waals surface area (Å²) >= 11 is 0. The van der Waals surface area contributed by atoms with Crippen molar-refractivity contribution in [2.75, 3.05) is 13.2 Å². The van der Waals surface area contributed by atoms with Gasteiger partial charge in [0.25, 0.3) is 0 Å². The Morgan fingerprint density at radius 3 is 2.28 bits per heavy atom. The molecule has 0 unspecified atom stereocenters. The molecule has 0 bridgehead atoms. The van der Waals surface area contributed by atoms with Crippen LogP contribution in [0.3, 0.4) is 0 Å². The molecule has 3 aromatic rings. The number of rotatable bonds is 5. The summed E-state index contributed by atoms with van der Waals surface area (Å²) in [5, 5.41) is 1.11. The van der Waals surface area contributed by atoms with Gasteiger partial charge in [0.05, 0.1) is 18.8 Å². The van der Waals surface area contributed by atoms with Crippen molar-refractivity contribution in [3.8, 4) is 11.8 Å². The number of fused-ring (bicyclic) bond motifs is 1. The molecule has 1 aliphatic rings. The second-order valence-corrected chi connectivity index (χ2v) is 8.18. The third kappa shape index (κ3) is 5.32. The zero-order valence-corrected chi connectivity index (χ0v) is 18.0. The van der Waals surface area contributed by atoms with Crippen LogP contribution in [0.2, 0.25) is 0 Å². The Morgan fingerprint density at radius 1 is 0.812 bits per heavy atom. The van der Waals surface area contributed by atoms with Gasteiger partial charge in [-0.3, -0.25) is 0 Å². The fourth-order valence-electron chi connectivity index (χ4n) is 3.82. The first-order chi connectivity index (χ1) is 15.5. The number of unbranched alkanes of at least 4 members (excludes halogenated alkanes) is 2. The molecule has 4 rings (SSSR count).